The summed E-state index contributed by atoms with van der Waals surface area (Å²) in [6.07, 6.45) is 4.68. The number of ether oxygens (including phenoxy) is 1. The molecule has 1 fully saturated rings. The summed E-state index contributed by atoms with van der Waals surface area (Å²) in [4.78, 5) is 21.7. The summed E-state index contributed by atoms with van der Waals surface area (Å²) in [7, 11) is 0. The number of nitrogens with zero attached hydrogens (tertiary/aromatic N) is 5. The number of hydrogen-bond donors (Lipinski definition) is 1. The van der Waals surface area contributed by atoms with Crippen LogP contribution < -0.4 is 5.32 Å². The third kappa shape index (κ3) is 2.71. The van der Waals surface area contributed by atoms with Crippen molar-refractivity contribution in [3.63, 3.8) is 0 Å². The summed E-state index contributed by atoms with van der Waals surface area (Å²) < 4.78 is 6.80. The van der Waals surface area contributed by atoms with Crippen LogP contribution in [0.15, 0.2) is 18.9 Å². The lowest BCUT2D eigenvalue weighted by molar-refractivity contribution is 0.0564. The molecule has 0 atom stereocenters. The largest absolute Gasteiger partial charge is 0.378 e. The Balaban J connectivity index is 1.65. The topological polar surface area (TPSA) is 85.2 Å². The van der Waals surface area contributed by atoms with E-state index in [9.17, 15) is 4.79 Å². The van der Waals surface area contributed by atoms with Gasteiger partial charge in [-0.1, -0.05) is 11.3 Å². The monoisotopic (exact) mass is 280 g/mol. The molecule has 0 bridgehead atoms. The van der Waals surface area contributed by atoms with Crippen LogP contribution >= 0.6 is 11.3 Å². The molecule has 2 aromatic rings. The number of nitrogens with one attached hydrogen (secondary N) is 1. The Hall–Kier alpha value is -2.00. The van der Waals surface area contributed by atoms with Gasteiger partial charge in [-0.2, -0.15) is 5.10 Å². The molecule has 19 heavy (non-hydrogen) atoms. The van der Waals surface area contributed by atoms with Crippen LogP contribution in [0.25, 0.3) is 5.00 Å². The normalized spacial score (nSPS) is 15.5. The van der Waals surface area contributed by atoms with Crippen molar-refractivity contribution in [3.05, 3.63) is 18.9 Å². The van der Waals surface area contributed by atoms with Gasteiger partial charge in [-0.25, -0.2) is 19.4 Å². The van der Waals surface area contributed by atoms with Crippen LogP contribution in [0.3, 0.4) is 0 Å². The zero-order chi connectivity index (χ0) is 13.1. The van der Waals surface area contributed by atoms with Crippen molar-refractivity contribution in [1.29, 1.82) is 0 Å². The maximum Gasteiger partial charge on any atom is 0.323 e. The van der Waals surface area contributed by atoms with Gasteiger partial charge in [-0.3, -0.25) is 5.32 Å². The van der Waals surface area contributed by atoms with E-state index in [1.165, 1.54) is 17.7 Å². The summed E-state index contributed by atoms with van der Waals surface area (Å²) in [5.74, 6) is 0. The van der Waals surface area contributed by atoms with Crippen molar-refractivity contribution >= 4 is 22.5 Å². The highest BCUT2D eigenvalue weighted by atomic mass is 32.1. The second kappa shape index (κ2) is 5.33. The third-order valence-corrected chi connectivity index (χ3v) is 3.55. The van der Waals surface area contributed by atoms with Crippen LogP contribution in [0, 0.1) is 0 Å². The first kappa shape index (κ1) is 12.1. The minimum absolute atomic E-state index is 0.150. The molecule has 0 saturated carbocycles. The van der Waals surface area contributed by atoms with E-state index in [0.29, 0.717) is 31.4 Å². The minimum atomic E-state index is -0.150. The molecule has 8 nitrogen and oxygen atoms in total. The molecular formula is C10H12N6O2S. The van der Waals surface area contributed by atoms with E-state index in [2.05, 4.69) is 20.4 Å². The molecule has 3 rings (SSSR count). The van der Waals surface area contributed by atoms with Gasteiger partial charge < -0.3 is 9.64 Å². The van der Waals surface area contributed by atoms with E-state index in [1.54, 1.807) is 22.1 Å². The summed E-state index contributed by atoms with van der Waals surface area (Å²) >= 11 is 1.34. The van der Waals surface area contributed by atoms with Crippen molar-refractivity contribution in [1.82, 2.24) is 24.6 Å². The quantitative estimate of drug-likeness (QED) is 0.870. The predicted molar refractivity (Wildman–Crippen MR) is 68.4 cm³/mol. The smallest absolute Gasteiger partial charge is 0.323 e. The number of thiazole rings is 1. The van der Waals surface area contributed by atoms with Crippen LogP contribution in [0.4, 0.5) is 9.93 Å². The van der Waals surface area contributed by atoms with E-state index in [1.807, 2.05) is 0 Å². The molecule has 1 N–H and O–H groups in total. The van der Waals surface area contributed by atoms with Gasteiger partial charge in [0.05, 0.1) is 19.4 Å². The van der Waals surface area contributed by atoms with Gasteiger partial charge in [-0.05, 0) is 0 Å². The molecule has 0 unspecified atom stereocenters. The molecule has 0 spiro atoms. The van der Waals surface area contributed by atoms with Gasteiger partial charge >= 0.3 is 6.03 Å². The number of urea groups is 1. The first-order valence-electron chi connectivity index (χ1n) is 5.77. The van der Waals surface area contributed by atoms with Crippen LogP contribution in [-0.4, -0.2) is 57.0 Å². The number of aromatic nitrogens is 4. The molecule has 1 aliphatic rings. The van der Waals surface area contributed by atoms with Crippen molar-refractivity contribution < 1.29 is 9.53 Å². The third-order valence-electron chi connectivity index (χ3n) is 2.65. The second-order valence-electron chi connectivity index (χ2n) is 3.87. The van der Waals surface area contributed by atoms with Gasteiger partial charge in [0.1, 0.15) is 17.7 Å². The van der Waals surface area contributed by atoms with Crippen LogP contribution in [0.5, 0.6) is 0 Å². The lowest BCUT2D eigenvalue weighted by atomic mass is 10.4. The van der Waals surface area contributed by atoms with E-state index >= 15 is 0 Å². The first-order valence-corrected chi connectivity index (χ1v) is 6.59. The van der Waals surface area contributed by atoms with Gasteiger partial charge in [0.15, 0.2) is 5.13 Å². The molecule has 0 aromatic carbocycles. The lowest BCUT2D eigenvalue weighted by Crippen LogP contribution is -2.43. The molecule has 100 valence electrons. The first-order chi connectivity index (χ1) is 9.33. The van der Waals surface area contributed by atoms with Gasteiger partial charge in [0.2, 0.25) is 0 Å². The second-order valence-corrected chi connectivity index (χ2v) is 4.88. The molecule has 9 heteroatoms. The van der Waals surface area contributed by atoms with Gasteiger partial charge in [0.25, 0.3) is 0 Å². The van der Waals surface area contributed by atoms with E-state index in [-0.39, 0.29) is 6.03 Å². The van der Waals surface area contributed by atoms with E-state index in [0.717, 1.165) is 5.00 Å². The minimum Gasteiger partial charge on any atom is -0.378 e. The number of morpholine rings is 1. The molecule has 0 radical (unpaired) electrons. The number of amides is 2. The Morgan fingerprint density at radius 1 is 1.42 bits per heavy atom. The fraction of sp³-hybridized carbons (Fsp3) is 0.400. The summed E-state index contributed by atoms with van der Waals surface area (Å²) in [6.45, 7) is 2.37. The predicted octanol–water partition coefficient (Wildman–Crippen LogP) is 0.588. The van der Waals surface area contributed by atoms with Crippen molar-refractivity contribution in [2.75, 3.05) is 31.6 Å². The van der Waals surface area contributed by atoms with Crippen LogP contribution in [-0.2, 0) is 4.74 Å². The number of carbonyl (C=O) groups excluding carboxylic acids is 1. The standard InChI is InChI=1S/C10H12N6O2S/c17-10(15-1-3-18-4-2-15)14-9-12-5-8(19-9)16-7-11-6-13-16/h5-7H,1-4H2,(H,12,14,17). The Kier molecular flexibility index (Phi) is 3.38. The Bertz CT molecular complexity index is 548. The van der Waals surface area contributed by atoms with Crippen LogP contribution in [0.2, 0.25) is 0 Å². The summed E-state index contributed by atoms with van der Waals surface area (Å²) in [6, 6.07) is -0.150. The Labute approximate surface area is 113 Å². The van der Waals surface area contributed by atoms with Crippen molar-refractivity contribution in [2.24, 2.45) is 0 Å². The summed E-state index contributed by atoms with van der Waals surface area (Å²) in [5.41, 5.74) is 0. The average molecular weight is 280 g/mol. The van der Waals surface area contributed by atoms with Gasteiger partial charge in [-0.15, -0.1) is 0 Å². The SMILES string of the molecule is O=C(Nc1ncc(-n2cncn2)s1)N1CCOCC1. The molecule has 2 aromatic heterocycles. The van der Waals surface area contributed by atoms with Crippen LogP contribution in [0.1, 0.15) is 0 Å². The highest BCUT2D eigenvalue weighted by molar-refractivity contribution is 7.18. The van der Waals surface area contributed by atoms with Crippen molar-refractivity contribution in [2.45, 2.75) is 0 Å². The molecule has 0 aliphatic carbocycles. The number of rotatable bonds is 2. The van der Waals surface area contributed by atoms with Crippen molar-refractivity contribution in [3.8, 4) is 5.00 Å². The van der Waals surface area contributed by atoms with E-state index in [4.69, 9.17) is 4.74 Å². The maximum atomic E-state index is 12.0. The lowest BCUT2D eigenvalue weighted by Gasteiger charge is -2.26. The molecule has 3 heterocycles. The van der Waals surface area contributed by atoms with E-state index < -0.39 is 0 Å². The zero-order valence-electron chi connectivity index (χ0n) is 10.0. The Morgan fingerprint density at radius 3 is 3.00 bits per heavy atom. The fourth-order valence-corrected chi connectivity index (χ4v) is 2.42. The molecule has 1 saturated heterocycles. The molecular weight excluding hydrogens is 268 g/mol. The highest BCUT2D eigenvalue weighted by Crippen LogP contribution is 2.21. The fourth-order valence-electron chi connectivity index (χ4n) is 1.69. The zero-order valence-corrected chi connectivity index (χ0v) is 10.8. The molecule has 2 amide bonds. The maximum absolute atomic E-state index is 12.0. The number of anilines is 1. The number of carbonyl (C=O) groups is 1. The Morgan fingerprint density at radius 2 is 2.26 bits per heavy atom. The van der Waals surface area contributed by atoms with Gasteiger partial charge in [0, 0.05) is 13.1 Å². The molecule has 1 aliphatic heterocycles. The average Bonchev–Trinajstić information content (AvgIpc) is 3.10. The number of hydrogen-bond acceptors (Lipinski definition) is 6. The highest BCUT2D eigenvalue weighted by Gasteiger charge is 2.18. The summed E-state index contributed by atoms with van der Waals surface area (Å²) in [5, 5.41) is 8.12.